The summed E-state index contributed by atoms with van der Waals surface area (Å²) in [6, 6.07) is 0. The molecule has 0 radical (unpaired) electrons. The molecule has 4 N–H and O–H groups in total. The number of halogens is 1. The molecular formula is C9H12BrN3O6P+. The number of anilines is 1. The minimum Gasteiger partial charge on any atom is -0.390 e. The first-order chi connectivity index (χ1) is 9.38. The molecule has 1 saturated heterocycles. The zero-order valence-corrected chi connectivity index (χ0v) is 12.5. The van der Waals surface area contributed by atoms with Gasteiger partial charge in [0.1, 0.15) is 24.8 Å². The Morgan fingerprint density at radius 2 is 2.40 bits per heavy atom. The van der Waals surface area contributed by atoms with Gasteiger partial charge in [-0.25, -0.2) is 4.79 Å². The fourth-order valence-electron chi connectivity index (χ4n) is 1.84. The molecule has 2 rings (SSSR count). The molecule has 0 spiro atoms. The van der Waals surface area contributed by atoms with Gasteiger partial charge >= 0.3 is 13.9 Å². The van der Waals surface area contributed by atoms with E-state index in [2.05, 4.69) is 25.4 Å². The van der Waals surface area contributed by atoms with Crippen molar-refractivity contribution in [2.24, 2.45) is 0 Å². The van der Waals surface area contributed by atoms with E-state index in [1.165, 1.54) is 10.8 Å². The third kappa shape index (κ3) is 3.40. The molecule has 2 heterocycles. The van der Waals surface area contributed by atoms with Crippen molar-refractivity contribution in [3.63, 3.8) is 0 Å². The van der Waals surface area contributed by atoms with Crippen LogP contribution in [0.1, 0.15) is 12.6 Å². The Kier molecular flexibility index (Phi) is 4.84. The van der Waals surface area contributed by atoms with Gasteiger partial charge in [0, 0.05) is 17.2 Å². The summed E-state index contributed by atoms with van der Waals surface area (Å²) in [4.78, 5) is 23.9. The number of aliphatic hydroxyl groups is 1. The van der Waals surface area contributed by atoms with E-state index in [1.54, 1.807) is 0 Å². The monoisotopic (exact) mass is 368 g/mol. The number of aliphatic hydroxyl groups excluding tert-OH is 1. The first kappa shape index (κ1) is 15.5. The van der Waals surface area contributed by atoms with E-state index in [9.17, 15) is 14.5 Å². The van der Waals surface area contributed by atoms with Crippen molar-refractivity contribution in [3.8, 4) is 0 Å². The Labute approximate surface area is 122 Å². The summed E-state index contributed by atoms with van der Waals surface area (Å²) in [5.41, 5.74) is 4.87. The molecule has 0 saturated carbocycles. The number of nitrogens with zero attached hydrogens (tertiary/aromatic N) is 2. The summed E-state index contributed by atoms with van der Waals surface area (Å²) in [6.45, 7) is -0.248. The first-order valence-electron chi connectivity index (χ1n) is 5.55. The second-order valence-electron chi connectivity index (χ2n) is 4.13. The summed E-state index contributed by atoms with van der Waals surface area (Å²) < 4.78 is 22.0. The summed E-state index contributed by atoms with van der Waals surface area (Å²) in [7, 11) is -2.77. The zero-order valence-electron chi connectivity index (χ0n) is 10.0. The van der Waals surface area contributed by atoms with E-state index < -0.39 is 32.4 Å². The highest BCUT2D eigenvalue weighted by Crippen LogP contribution is 2.30. The number of hydrogen-bond donors (Lipinski definition) is 3. The van der Waals surface area contributed by atoms with Crippen LogP contribution in [-0.2, 0) is 13.8 Å². The third-order valence-corrected chi connectivity index (χ3v) is 3.78. The normalized spacial score (nSPS) is 26.8. The molecule has 1 aliphatic heterocycles. The van der Waals surface area contributed by atoms with Crippen LogP contribution in [0.4, 0.5) is 5.82 Å². The van der Waals surface area contributed by atoms with Gasteiger partial charge in [0.2, 0.25) is 0 Å². The molecule has 1 fully saturated rings. The second-order valence-corrected chi connectivity index (χ2v) is 5.72. The SMILES string of the molecule is Nc1nc(=O)n(C2CC(O)C(CO[P+](=O)O)O2)cc1Br. The van der Waals surface area contributed by atoms with Gasteiger partial charge in [0.05, 0.1) is 10.6 Å². The predicted molar refractivity (Wildman–Crippen MR) is 70.9 cm³/mol. The predicted octanol–water partition coefficient (Wildman–Crippen LogP) is -0.0973. The van der Waals surface area contributed by atoms with Crippen LogP contribution < -0.4 is 11.4 Å². The Bertz CT molecular complexity index is 581. The molecule has 11 heteroatoms. The highest BCUT2D eigenvalue weighted by atomic mass is 79.9. The number of nitrogen functional groups attached to an aromatic ring is 1. The van der Waals surface area contributed by atoms with E-state index in [4.69, 9.17) is 15.4 Å². The molecular weight excluding hydrogens is 357 g/mol. The van der Waals surface area contributed by atoms with Crippen LogP contribution >= 0.6 is 24.2 Å². The lowest BCUT2D eigenvalue weighted by Crippen LogP contribution is -2.28. The van der Waals surface area contributed by atoms with Gasteiger partial charge in [-0.2, -0.15) is 4.98 Å². The molecule has 1 aliphatic rings. The maximum Gasteiger partial charge on any atom is 0.694 e. The Morgan fingerprint density at radius 3 is 3.05 bits per heavy atom. The van der Waals surface area contributed by atoms with Crippen molar-refractivity contribution in [2.45, 2.75) is 24.9 Å². The van der Waals surface area contributed by atoms with E-state index in [0.29, 0.717) is 4.47 Å². The van der Waals surface area contributed by atoms with E-state index in [0.717, 1.165) is 0 Å². The van der Waals surface area contributed by atoms with Crippen LogP contribution in [0.25, 0.3) is 0 Å². The van der Waals surface area contributed by atoms with Crippen LogP contribution in [0, 0.1) is 0 Å². The van der Waals surface area contributed by atoms with Gasteiger partial charge in [-0.15, -0.1) is 9.42 Å². The third-order valence-electron chi connectivity index (χ3n) is 2.80. The molecule has 20 heavy (non-hydrogen) atoms. The van der Waals surface area contributed by atoms with Crippen molar-refractivity contribution in [2.75, 3.05) is 12.3 Å². The smallest absolute Gasteiger partial charge is 0.390 e. The molecule has 0 amide bonds. The zero-order chi connectivity index (χ0) is 14.9. The van der Waals surface area contributed by atoms with Crippen molar-refractivity contribution in [1.82, 2.24) is 9.55 Å². The maximum atomic E-state index is 11.7. The average molecular weight is 369 g/mol. The minimum atomic E-state index is -2.77. The van der Waals surface area contributed by atoms with Crippen LogP contribution in [0.2, 0.25) is 0 Å². The standard InChI is InChI=1S/C9H11BrN3O6P/c10-4-2-13(9(15)12-8(4)11)7-1-5(14)6(19-7)3-18-20(16)17/h2,5-7,14H,1,3H2,(H2-,11,12,15,16,17)/p+1. The lowest BCUT2D eigenvalue weighted by molar-refractivity contribution is -0.0412. The number of rotatable bonds is 4. The summed E-state index contributed by atoms with van der Waals surface area (Å²) in [5, 5.41) is 9.79. The quantitative estimate of drug-likeness (QED) is 0.626. The Balaban J connectivity index is 2.14. The van der Waals surface area contributed by atoms with Gasteiger partial charge in [-0.1, -0.05) is 0 Å². The van der Waals surface area contributed by atoms with Gasteiger partial charge < -0.3 is 15.6 Å². The summed E-state index contributed by atoms with van der Waals surface area (Å²) in [6.07, 6.45) is -0.911. The fraction of sp³-hybridized carbons (Fsp3) is 0.556. The van der Waals surface area contributed by atoms with Gasteiger partial charge in [0.25, 0.3) is 0 Å². The number of aromatic nitrogens is 2. The molecule has 1 aromatic heterocycles. The van der Waals surface area contributed by atoms with Crippen molar-refractivity contribution >= 4 is 30.0 Å². The summed E-state index contributed by atoms with van der Waals surface area (Å²) in [5.74, 6) is 0.0574. The van der Waals surface area contributed by atoms with Crippen LogP contribution in [0.5, 0.6) is 0 Å². The number of nitrogens with two attached hydrogens (primary N) is 1. The van der Waals surface area contributed by atoms with E-state index in [-0.39, 0.29) is 18.8 Å². The van der Waals surface area contributed by atoms with Crippen molar-refractivity contribution in [1.29, 1.82) is 0 Å². The summed E-state index contributed by atoms with van der Waals surface area (Å²) >= 11 is 3.15. The lowest BCUT2D eigenvalue weighted by Gasteiger charge is -2.14. The Hall–Kier alpha value is -0.900. The average Bonchev–Trinajstić information content (AvgIpc) is 2.72. The highest BCUT2D eigenvalue weighted by molar-refractivity contribution is 9.10. The molecule has 0 aromatic carbocycles. The van der Waals surface area contributed by atoms with Gasteiger partial charge in [0.15, 0.2) is 0 Å². The minimum absolute atomic E-state index is 0.0574. The molecule has 4 unspecified atom stereocenters. The van der Waals surface area contributed by atoms with Crippen LogP contribution in [0.3, 0.4) is 0 Å². The van der Waals surface area contributed by atoms with Gasteiger partial charge in [-0.3, -0.25) is 4.57 Å². The first-order valence-corrected chi connectivity index (χ1v) is 7.47. The molecule has 1 aromatic rings. The molecule has 110 valence electrons. The topological polar surface area (TPSA) is 137 Å². The van der Waals surface area contributed by atoms with Crippen LogP contribution in [-0.4, -0.2) is 38.4 Å². The number of ether oxygens (including phenoxy) is 1. The lowest BCUT2D eigenvalue weighted by atomic mass is 10.2. The highest BCUT2D eigenvalue weighted by Gasteiger charge is 2.37. The van der Waals surface area contributed by atoms with Crippen molar-refractivity contribution in [3.05, 3.63) is 21.2 Å². The molecule has 9 nitrogen and oxygen atoms in total. The molecule has 0 bridgehead atoms. The Morgan fingerprint density at radius 1 is 1.70 bits per heavy atom. The maximum absolute atomic E-state index is 11.7. The van der Waals surface area contributed by atoms with E-state index >= 15 is 0 Å². The van der Waals surface area contributed by atoms with E-state index in [1.807, 2.05) is 0 Å². The van der Waals surface area contributed by atoms with Crippen LogP contribution in [0.15, 0.2) is 15.5 Å². The largest absolute Gasteiger partial charge is 0.694 e. The second kappa shape index (κ2) is 6.25. The van der Waals surface area contributed by atoms with Crippen molar-refractivity contribution < 1.29 is 23.8 Å². The van der Waals surface area contributed by atoms with Gasteiger partial charge in [-0.05, 0) is 15.9 Å². The number of hydrogen-bond acceptors (Lipinski definition) is 7. The molecule has 4 atom stereocenters. The molecule has 0 aliphatic carbocycles. The fourth-order valence-corrected chi connectivity index (χ4v) is 2.42.